The number of nitrogens with zero attached hydrogens (tertiary/aromatic N) is 1. The molecule has 0 aromatic carbocycles. The molecular weight excluding hydrogens is 108 g/mol. The van der Waals surface area contributed by atoms with Crippen LogP contribution in [0.15, 0.2) is 12.4 Å². The largest absolute Gasteiger partial charge is 0.403 e. The molecule has 0 aromatic rings. The van der Waals surface area contributed by atoms with Crippen LogP contribution in [0.1, 0.15) is 0 Å². The molecule has 0 amide bonds. The molecule has 3 heteroatoms. The van der Waals surface area contributed by atoms with E-state index in [1.54, 1.807) is 6.20 Å². The smallest absolute Gasteiger partial charge is 0.0601 e. The van der Waals surface area contributed by atoms with Crippen LogP contribution in [-0.2, 0) is 0 Å². The van der Waals surface area contributed by atoms with Gasteiger partial charge in [0.15, 0.2) is 0 Å². The SMILES string of the molecule is CN(/C=C\N)CS. The van der Waals surface area contributed by atoms with Gasteiger partial charge in [-0.05, 0) is 0 Å². The van der Waals surface area contributed by atoms with Gasteiger partial charge in [0.1, 0.15) is 0 Å². The van der Waals surface area contributed by atoms with E-state index < -0.39 is 0 Å². The lowest BCUT2D eigenvalue weighted by atomic mass is 10.8. The van der Waals surface area contributed by atoms with E-state index in [2.05, 4.69) is 12.6 Å². The minimum absolute atomic E-state index is 0.702. The summed E-state index contributed by atoms with van der Waals surface area (Å²) in [7, 11) is 1.90. The highest BCUT2D eigenvalue weighted by molar-refractivity contribution is 7.80. The molecule has 0 aromatic heterocycles. The Morgan fingerprint density at radius 2 is 2.43 bits per heavy atom. The zero-order valence-corrected chi connectivity index (χ0v) is 5.23. The van der Waals surface area contributed by atoms with Gasteiger partial charge in [0.25, 0.3) is 0 Å². The van der Waals surface area contributed by atoms with E-state index in [9.17, 15) is 0 Å². The standard InChI is InChI=1S/C4H10N2S/c1-6(4-7)3-2-5/h2-3,7H,4-5H2,1H3/b3-2-. The highest BCUT2D eigenvalue weighted by atomic mass is 32.1. The highest BCUT2D eigenvalue weighted by Gasteiger charge is 1.77. The summed E-state index contributed by atoms with van der Waals surface area (Å²) < 4.78 is 0. The number of thiol groups is 1. The average Bonchev–Trinajstić information content (AvgIpc) is 1.68. The number of hydrogen-bond donors (Lipinski definition) is 2. The predicted octanol–water partition coefficient (Wildman–Crippen LogP) is 0.235. The van der Waals surface area contributed by atoms with Gasteiger partial charge >= 0.3 is 0 Å². The first-order chi connectivity index (χ1) is 3.31. The van der Waals surface area contributed by atoms with Crippen LogP contribution >= 0.6 is 12.6 Å². The Hall–Kier alpha value is -0.310. The number of nitrogens with two attached hydrogens (primary N) is 1. The first-order valence-electron chi connectivity index (χ1n) is 2.00. The molecule has 0 aliphatic heterocycles. The summed E-state index contributed by atoms with van der Waals surface area (Å²) in [6, 6.07) is 0. The van der Waals surface area contributed by atoms with E-state index in [1.807, 2.05) is 11.9 Å². The number of hydrogen-bond acceptors (Lipinski definition) is 3. The molecule has 42 valence electrons. The highest BCUT2D eigenvalue weighted by Crippen LogP contribution is 1.82. The molecule has 0 saturated carbocycles. The lowest BCUT2D eigenvalue weighted by Gasteiger charge is -2.06. The predicted molar refractivity (Wildman–Crippen MR) is 34.9 cm³/mol. The van der Waals surface area contributed by atoms with E-state index in [0.29, 0.717) is 5.88 Å². The second-order valence-electron chi connectivity index (χ2n) is 1.24. The lowest BCUT2D eigenvalue weighted by Crippen LogP contribution is -2.07. The van der Waals surface area contributed by atoms with Gasteiger partial charge in [-0.1, -0.05) is 0 Å². The zero-order valence-electron chi connectivity index (χ0n) is 4.33. The zero-order chi connectivity index (χ0) is 5.70. The maximum atomic E-state index is 5.05. The summed E-state index contributed by atoms with van der Waals surface area (Å²) in [5.74, 6) is 0.702. The minimum Gasteiger partial charge on any atom is -0.403 e. The Kier molecular flexibility index (Phi) is 3.69. The van der Waals surface area contributed by atoms with Gasteiger partial charge in [0, 0.05) is 19.4 Å². The van der Waals surface area contributed by atoms with Crippen molar-refractivity contribution in [3.8, 4) is 0 Å². The molecule has 7 heavy (non-hydrogen) atoms. The van der Waals surface area contributed by atoms with Crippen LogP contribution in [0.25, 0.3) is 0 Å². The van der Waals surface area contributed by atoms with Crippen LogP contribution in [0.4, 0.5) is 0 Å². The fourth-order valence-corrected chi connectivity index (χ4v) is 0.288. The molecule has 0 unspecified atom stereocenters. The lowest BCUT2D eigenvalue weighted by molar-refractivity contribution is 0.542. The Labute approximate surface area is 49.4 Å². The van der Waals surface area contributed by atoms with Crippen molar-refractivity contribution in [1.82, 2.24) is 4.90 Å². The first kappa shape index (κ1) is 6.69. The summed E-state index contributed by atoms with van der Waals surface area (Å²) in [6.07, 6.45) is 3.24. The van der Waals surface area contributed by atoms with E-state index in [1.165, 1.54) is 6.20 Å². The molecule has 0 bridgehead atoms. The van der Waals surface area contributed by atoms with E-state index in [-0.39, 0.29) is 0 Å². The molecule has 0 atom stereocenters. The minimum atomic E-state index is 0.702. The Balaban J connectivity index is 3.16. The third kappa shape index (κ3) is 3.52. The van der Waals surface area contributed by atoms with E-state index >= 15 is 0 Å². The molecule has 0 fully saturated rings. The molecule has 0 heterocycles. The van der Waals surface area contributed by atoms with Gasteiger partial charge < -0.3 is 10.6 Å². The van der Waals surface area contributed by atoms with Crippen LogP contribution in [0.3, 0.4) is 0 Å². The van der Waals surface area contributed by atoms with Crippen LogP contribution in [0, 0.1) is 0 Å². The second-order valence-corrected chi connectivity index (χ2v) is 1.52. The summed E-state index contributed by atoms with van der Waals surface area (Å²) in [6.45, 7) is 0. The van der Waals surface area contributed by atoms with Gasteiger partial charge in [-0.2, -0.15) is 12.6 Å². The van der Waals surface area contributed by atoms with Gasteiger partial charge in [-0.25, -0.2) is 0 Å². The Morgan fingerprint density at radius 1 is 1.86 bits per heavy atom. The summed E-state index contributed by atoms with van der Waals surface area (Å²) in [4.78, 5) is 1.86. The molecule has 0 saturated heterocycles. The molecule has 2 N–H and O–H groups in total. The van der Waals surface area contributed by atoms with Crippen molar-refractivity contribution in [3.63, 3.8) is 0 Å². The third-order valence-corrected chi connectivity index (χ3v) is 1.01. The van der Waals surface area contributed by atoms with Crippen molar-refractivity contribution in [1.29, 1.82) is 0 Å². The van der Waals surface area contributed by atoms with Crippen LogP contribution < -0.4 is 5.73 Å². The van der Waals surface area contributed by atoms with E-state index in [0.717, 1.165) is 0 Å². The number of rotatable bonds is 2. The molecule has 0 aliphatic carbocycles. The van der Waals surface area contributed by atoms with Crippen LogP contribution in [-0.4, -0.2) is 17.8 Å². The third-order valence-electron chi connectivity index (χ3n) is 0.564. The molecular formula is C4H10N2S. The molecule has 0 rings (SSSR count). The first-order valence-corrected chi connectivity index (χ1v) is 2.64. The maximum absolute atomic E-state index is 5.05. The van der Waals surface area contributed by atoms with Gasteiger partial charge in [-0.3, -0.25) is 0 Å². The van der Waals surface area contributed by atoms with Gasteiger partial charge in [0.2, 0.25) is 0 Å². The molecule has 0 radical (unpaired) electrons. The Morgan fingerprint density at radius 3 is 2.57 bits per heavy atom. The molecule has 0 spiro atoms. The molecule has 2 nitrogen and oxygen atoms in total. The van der Waals surface area contributed by atoms with Crippen molar-refractivity contribution in [2.45, 2.75) is 0 Å². The fourth-order valence-electron chi connectivity index (χ4n) is 0.194. The van der Waals surface area contributed by atoms with Crippen LogP contribution in [0.2, 0.25) is 0 Å². The summed E-state index contributed by atoms with van der Waals surface area (Å²) >= 11 is 3.97. The average molecular weight is 118 g/mol. The van der Waals surface area contributed by atoms with Crippen molar-refractivity contribution in [2.24, 2.45) is 5.73 Å². The van der Waals surface area contributed by atoms with Crippen molar-refractivity contribution in [2.75, 3.05) is 12.9 Å². The maximum Gasteiger partial charge on any atom is 0.0601 e. The normalized spacial score (nSPS) is 10.0. The summed E-state index contributed by atoms with van der Waals surface area (Å²) in [5.41, 5.74) is 5.05. The quantitative estimate of drug-likeness (QED) is 0.401. The van der Waals surface area contributed by atoms with E-state index in [4.69, 9.17) is 5.73 Å². The van der Waals surface area contributed by atoms with Crippen molar-refractivity contribution >= 4 is 12.6 Å². The fraction of sp³-hybridized carbons (Fsp3) is 0.500. The summed E-state index contributed by atoms with van der Waals surface area (Å²) in [5, 5.41) is 0. The van der Waals surface area contributed by atoms with Crippen LogP contribution in [0.5, 0.6) is 0 Å². The topological polar surface area (TPSA) is 29.3 Å². The van der Waals surface area contributed by atoms with Crippen molar-refractivity contribution < 1.29 is 0 Å². The monoisotopic (exact) mass is 118 g/mol. The molecule has 0 aliphatic rings. The van der Waals surface area contributed by atoms with Gasteiger partial charge in [0.05, 0.1) is 5.88 Å². The Bertz CT molecular complexity index is 62.7. The second kappa shape index (κ2) is 3.87. The van der Waals surface area contributed by atoms with Crippen molar-refractivity contribution in [3.05, 3.63) is 12.4 Å². The van der Waals surface area contributed by atoms with Gasteiger partial charge in [-0.15, -0.1) is 0 Å².